The molecule has 1 aliphatic rings. The van der Waals surface area contributed by atoms with Gasteiger partial charge in [-0.1, -0.05) is 0 Å². The zero-order valence-corrected chi connectivity index (χ0v) is 15.4. The SMILES string of the molecule is Cc1n[nH]c(C)c1CC(=O)NCc1cc2n(n1)CCN(S(C)(=O)=O)C2. The fraction of sp³-hybridized carbons (Fsp3) is 0.533. The van der Waals surface area contributed by atoms with Crippen molar-refractivity contribution in [3.8, 4) is 0 Å². The highest BCUT2D eigenvalue weighted by molar-refractivity contribution is 7.88. The number of nitrogens with zero attached hydrogens (tertiary/aromatic N) is 4. The predicted octanol–water partition coefficient (Wildman–Crippen LogP) is -0.143. The number of fused-ring (bicyclic) bond motifs is 1. The van der Waals surface area contributed by atoms with Crippen LogP contribution in [0.15, 0.2) is 6.07 Å². The number of hydrogen-bond donors (Lipinski definition) is 2. The number of aryl methyl sites for hydroxylation is 2. The van der Waals surface area contributed by atoms with Gasteiger partial charge in [-0.25, -0.2) is 8.42 Å². The Morgan fingerprint density at radius 1 is 1.36 bits per heavy atom. The predicted molar refractivity (Wildman–Crippen MR) is 91.1 cm³/mol. The van der Waals surface area contributed by atoms with Crippen LogP contribution in [0.4, 0.5) is 0 Å². The molecule has 10 heteroatoms. The van der Waals surface area contributed by atoms with Crippen molar-refractivity contribution in [2.24, 2.45) is 0 Å². The number of rotatable bonds is 5. The largest absolute Gasteiger partial charge is 0.350 e. The van der Waals surface area contributed by atoms with Gasteiger partial charge in [-0.3, -0.25) is 14.6 Å². The van der Waals surface area contributed by atoms with Crippen LogP contribution in [0.5, 0.6) is 0 Å². The summed E-state index contributed by atoms with van der Waals surface area (Å²) in [6.07, 6.45) is 1.48. The van der Waals surface area contributed by atoms with Gasteiger partial charge in [0.1, 0.15) is 0 Å². The number of amides is 1. The third-order valence-electron chi connectivity index (χ3n) is 4.37. The Balaban J connectivity index is 1.60. The lowest BCUT2D eigenvalue weighted by Gasteiger charge is -2.25. The van der Waals surface area contributed by atoms with E-state index in [4.69, 9.17) is 0 Å². The van der Waals surface area contributed by atoms with Gasteiger partial charge in [-0.15, -0.1) is 0 Å². The maximum Gasteiger partial charge on any atom is 0.224 e. The molecule has 0 fully saturated rings. The van der Waals surface area contributed by atoms with E-state index >= 15 is 0 Å². The van der Waals surface area contributed by atoms with Gasteiger partial charge in [-0.2, -0.15) is 14.5 Å². The molecule has 2 aromatic rings. The van der Waals surface area contributed by atoms with Crippen molar-refractivity contribution < 1.29 is 13.2 Å². The number of sulfonamides is 1. The summed E-state index contributed by atoms with van der Waals surface area (Å²) in [5, 5.41) is 14.2. The first kappa shape index (κ1) is 17.6. The normalized spacial score (nSPS) is 15.2. The standard InChI is InChI=1S/C15H22N6O3S/c1-10-14(11(2)18-17-10)7-15(22)16-8-12-6-13-9-20(25(3,23)24)4-5-21(13)19-12/h6H,4-5,7-9H2,1-3H3,(H,16,22)(H,17,18). The van der Waals surface area contributed by atoms with Crippen LogP contribution in [0.1, 0.15) is 28.3 Å². The van der Waals surface area contributed by atoms with Gasteiger partial charge < -0.3 is 5.32 Å². The Morgan fingerprint density at radius 2 is 2.12 bits per heavy atom. The van der Waals surface area contributed by atoms with Crippen molar-refractivity contribution in [2.45, 2.75) is 39.9 Å². The second kappa shape index (κ2) is 6.60. The molecule has 25 heavy (non-hydrogen) atoms. The molecular weight excluding hydrogens is 344 g/mol. The van der Waals surface area contributed by atoms with Crippen molar-refractivity contribution in [1.82, 2.24) is 29.6 Å². The highest BCUT2D eigenvalue weighted by atomic mass is 32.2. The van der Waals surface area contributed by atoms with Gasteiger partial charge in [-0.05, 0) is 19.9 Å². The van der Waals surface area contributed by atoms with Crippen molar-refractivity contribution >= 4 is 15.9 Å². The molecule has 1 amide bonds. The van der Waals surface area contributed by atoms with E-state index in [0.29, 0.717) is 26.2 Å². The van der Waals surface area contributed by atoms with Gasteiger partial charge in [0.25, 0.3) is 0 Å². The Hall–Kier alpha value is -2.20. The van der Waals surface area contributed by atoms with Crippen molar-refractivity contribution in [3.63, 3.8) is 0 Å². The molecule has 0 saturated carbocycles. The van der Waals surface area contributed by atoms with Crippen LogP contribution in [0.25, 0.3) is 0 Å². The van der Waals surface area contributed by atoms with E-state index in [9.17, 15) is 13.2 Å². The fourth-order valence-electron chi connectivity index (χ4n) is 2.92. The summed E-state index contributed by atoms with van der Waals surface area (Å²) < 4.78 is 26.5. The van der Waals surface area contributed by atoms with Gasteiger partial charge in [0, 0.05) is 17.8 Å². The zero-order valence-electron chi connectivity index (χ0n) is 14.5. The van der Waals surface area contributed by atoms with E-state index in [-0.39, 0.29) is 12.3 Å². The minimum absolute atomic E-state index is 0.101. The summed E-state index contributed by atoms with van der Waals surface area (Å²) in [5.41, 5.74) is 4.18. The van der Waals surface area contributed by atoms with Gasteiger partial charge in [0.05, 0.1) is 49.4 Å². The molecule has 2 aromatic heterocycles. The Morgan fingerprint density at radius 3 is 2.76 bits per heavy atom. The molecule has 0 radical (unpaired) electrons. The molecule has 3 heterocycles. The lowest BCUT2D eigenvalue weighted by Crippen LogP contribution is -2.37. The number of carbonyl (C=O) groups is 1. The summed E-state index contributed by atoms with van der Waals surface area (Å²) in [5.74, 6) is -0.101. The van der Waals surface area contributed by atoms with Crippen LogP contribution in [-0.2, 0) is 40.9 Å². The third-order valence-corrected chi connectivity index (χ3v) is 5.62. The maximum atomic E-state index is 12.1. The van der Waals surface area contributed by atoms with Crippen LogP contribution in [0, 0.1) is 13.8 Å². The maximum absolute atomic E-state index is 12.1. The molecule has 0 aromatic carbocycles. The molecule has 3 rings (SSSR count). The first-order chi connectivity index (χ1) is 11.7. The minimum Gasteiger partial charge on any atom is -0.350 e. The van der Waals surface area contributed by atoms with Gasteiger partial charge in [0.15, 0.2) is 0 Å². The Bertz CT molecular complexity index is 879. The smallest absolute Gasteiger partial charge is 0.224 e. The summed E-state index contributed by atoms with van der Waals surface area (Å²) in [7, 11) is -3.21. The third kappa shape index (κ3) is 3.90. The van der Waals surface area contributed by atoms with E-state index in [2.05, 4.69) is 20.6 Å². The minimum atomic E-state index is -3.21. The highest BCUT2D eigenvalue weighted by Crippen LogP contribution is 2.16. The molecule has 9 nitrogen and oxygen atoms in total. The fourth-order valence-corrected chi connectivity index (χ4v) is 3.70. The topological polar surface area (TPSA) is 113 Å². The van der Waals surface area contributed by atoms with Crippen LogP contribution >= 0.6 is 0 Å². The van der Waals surface area contributed by atoms with Crippen LogP contribution < -0.4 is 5.32 Å². The molecule has 0 atom stereocenters. The van der Waals surface area contributed by atoms with E-state index in [1.54, 1.807) is 4.68 Å². The molecule has 0 bridgehead atoms. The van der Waals surface area contributed by atoms with Crippen LogP contribution in [-0.4, -0.2) is 51.4 Å². The quantitative estimate of drug-likeness (QED) is 0.764. The summed E-state index contributed by atoms with van der Waals surface area (Å²) in [6, 6.07) is 1.84. The molecular formula is C15H22N6O3S. The van der Waals surface area contributed by atoms with E-state index in [0.717, 1.165) is 28.3 Å². The molecule has 0 spiro atoms. The summed E-state index contributed by atoms with van der Waals surface area (Å²) in [4.78, 5) is 12.1. The Labute approximate surface area is 146 Å². The molecule has 0 aliphatic carbocycles. The van der Waals surface area contributed by atoms with E-state index < -0.39 is 10.0 Å². The number of aromatic nitrogens is 4. The number of carbonyl (C=O) groups excluding carboxylic acids is 1. The molecule has 2 N–H and O–H groups in total. The monoisotopic (exact) mass is 366 g/mol. The second-order valence-corrected chi connectivity index (χ2v) is 8.30. The van der Waals surface area contributed by atoms with Crippen molar-refractivity contribution in [3.05, 3.63) is 34.4 Å². The molecule has 1 aliphatic heterocycles. The number of H-pyrrole nitrogens is 1. The summed E-state index contributed by atoms with van der Waals surface area (Å²) >= 11 is 0. The second-order valence-electron chi connectivity index (χ2n) is 6.31. The molecule has 0 saturated heterocycles. The summed E-state index contributed by atoms with van der Waals surface area (Å²) in [6.45, 7) is 5.31. The van der Waals surface area contributed by atoms with E-state index in [1.165, 1.54) is 10.6 Å². The van der Waals surface area contributed by atoms with Crippen LogP contribution in [0.3, 0.4) is 0 Å². The first-order valence-corrected chi connectivity index (χ1v) is 9.86. The lowest BCUT2D eigenvalue weighted by molar-refractivity contribution is -0.120. The number of hydrogen-bond acceptors (Lipinski definition) is 5. The number of nitrogens with one attached hydrogen (secondary N) is 2. The van der Waals surface area contributed by atoms with Crippen molar-refractivity contribution in [1.29, 1.82) is 0 Å². The zero-order chi connectivity index (χ0) is 18.2. The first-order valence-electron chi connectivity index (χ1n) is 8.02. The van der Waals surface area contributed by atoms with Crippen molar-refractivity contribution in [2.75, 3.05) is 12.8 Å². The molecule has 0 unspecified atom stereocenters. The average molecular weight is 366 g/mol. The van der Waals surface area contributed by atoms with Gasteiger partial charge >= 0.3 is 0 Å². The van der Waals surface area contributed by atoms with Crippen LogP contribution in [0.2, 0.25) is 0 Å². The number of aromatic amines is 1. The molecule has 136 valence electrons. The van der Waals surface area contributed by atoms with E-state index in [1.807, 2.05) is 19.9 Å². The lowest BCUT2D eigenvalue weighted by atomic mass is 10.1. The average Bonchev–Trinajstić information content (AvgIpc) is 3.09. The van der Waals surface area contributed by atoms with Gasteiger partial charge in [0.2, 0.25) is 15.9 Å². The highest BCUT2D eigenvalue weighted by Gasteiger charge is 2.24. The Kier molecular flexibility index (Phi) is 4.65.